The first kappa shape index (κ1) is 22.9. The fourth-order valence-corrected chi connectivity index (χ4v) is 5.33. The molecule has 3 fully saturated rings. The minimum absolute atomic E-state index is 0.0389. The molecule has 0 amide bonds. The number of benzene rings is 2. The molecule has 0 radical (unpaired) electrons. The average Bonchev–Trinajstić information content (AvgIpc) is 3.80. The summed E-state index contributed by atoms with van der Waals surface area (Å²) in [5, 5.41) is 22.8. The minimum atomic E-state index is -0.650. The van der Waals surface area contributed by atoms with E-state index < -0.39 is 11.4 Å². The summed E-state index contributed by atoms with van der Waals surface area (Å²) in [4.78, 5) is 14.0. The van der Waals surface area contributed by atoms with Gasteiger partial charge < -0.3 is 20.1 Å². The Morgan fingerprint density at radius 2 is 1.79 bits per heavy atom. The number of aliphatic carboxylic acids is 1. The van der Waals surface area contributed by atoms with Gasteiger partial charge in [0.25, 0.3) is 0 Å². The number of carboxylic acid groups (broad SMARTS) is 1. The molecule has 0 unspecified atom stereocenters. The zero-order chi connectivity index (χ0) is 23.6. The molecule has 1 aliphatic heterocycles. The van der Waals surface area contributed by atoms with Crippen molar-refractivity contribution in [3.8, 4) is 11.8 Å². The lowest BCUT2D eigenvalue weighted by atomic mass is 9.78. The van der Waals surface area contributed by atoms with E-state index in [1.54, 1.807) is 6.07 Å². The van der Waals surface area contributed by atoms with Crippen molar-refractivity contribution in [2.45, 2.75) is 44.1 Å². The summed E-state index contributed by atoms with van der Waals surface area (Å²) in [6.07, 6.45) is 4.65. The molecule has 1 saturated heterocycles. The molecule has 178 valence electrons. The lowest BCUT2D eigenvalue weighted by molar-refractivity contribution is -0.144. The van der Waals surface area contributed by atoms with Gasteiger partial charge in [-0.05, 0) is 62.9 Å². The second-order valence-electron chi connectivity index (χ2n) is 10.5. The van der Waals surface area contributed by atoms with Crippen LogP contribution < -0.4 is 10.1 Å². The number of rotatable bonds is 10. The molecule has 2 aromatic rings. The number of para-hydroxylation sites is 1. The van der Waals surface area contributed by atoms with Crippen molar-refractivity contribution in [3.05, 3.63) is 65.7 Å². The molecule has 2 aliphatic carbocycles. The number of likely N-dealkylation sites (tertiary alicyclic amines) is 1. The third-order valence-electron chi connectivity index (χ3n) is 8.05. The number of nitrogens with one attached hydrogen (secondary N) is 1. The monoisotopic (exact) mass is 459 g/mol. The van der Waals surface area contributed by atoms with E-state index in [1.165, 1.54) is 5.56 Å². The van der Waals surface area contributed by atoms with Crippen molar-refractivity contribution in [1.29, 1.82) is 5.26 Å². The van der Waals surface area contributed by atoms with Gasteiger partial charge in [0.2, 0.25) is 0 Å². The molecule has 2 aromatic carbocycles. The van der Waals surface area contributed by atoms with Gasteiger partial charge in [0, 0.05) is 30.5 Å². The highest BCUT2D eigenvalue weighted by molar-refractivity contribution is 5.78. The second-order valence-corrected chi connectivity index (χ2v) is 10.5. The Bertz CT molecular complexity index is 1050. The minimum Gasteiger partial charge on any atom is -0.492 e. The summed E-state index contributed by atoms with van der Waals surface area (Å²) in [7, 11) is 0. The second kappa shape index (κ2) is 9.40. The fourth-order valence-electron chi connectivity index (χ4n) is 5.33. The van der Waals surface area contributed by atoms with Gasteiger partial charge in [-0.3, -0.25) is 4.79 Å². The molecule has 2 N–H and O–H groups in total. The van der Waals surface area contributed by atoms with Crippen LogP contribution in [0, 0.1) is 22.2 Å². The van der Waals surface area contributed by atoms with Crippen molar-refractivity contribution in [1.82, 2.24) is 10.2 Å². The summed E-state index contributed by atoms with van der Waals surface area (Å²) >= 11 is 0. The first-order valence-corrected chi connectivity index (χ1v) is 12.4. The van der Waals surface area contributed by atoms with Crippen LogP contribution in [0.1, 0.15) is 49.1 Å². The van der Waals surface area contributed by atoms with Crippen molar-refractivity contribution in [2.75, 3.05) is 32.8 Å². The molecule has 6 heteroatoms. The Morgan fingerprint density at radius 1 is 1.09 bits per heavy atom. The first-order chi connectivity index (χ1) is 16.5. The SMILES string of the molecule is N#Cc1ccccc1OCC1(CN[C@@H]2C[C@H]2c2ccccc2)CCN(CC2(C(=O)O)CC2)CC1. The van der Waals surface area contributed by atoms with Crippen molar-refractivity contribution in [3.63, 3.8) is 0 Å². The molecule has 0 spiro atoms. The number of hydrogen-bond donors (Lipinski definition) is 2. The van der Waals surface area contributed by atoms with Gasteiger partial charge in [-0.1, -0.05) is 42.5 Å². The highest BCUT2D eigenvalue weighted by atomic mass is 16.5. The molecule has 6 nitrogen and oxygen atoms in total. The van der Waals surface area contributed by atoms with E-state index in [1.807, 2.05) is 18.2 Å². The van der Waals surface area contributed by atoms with Crippen LogP contribution in [0.2, 0.25) is 0 Å². The molecule has 2 saturated carbocycles. The number of nitrogens with zero attached hydrogens (tertiary/aromatic N) is 2. The summed E-state index contributed by atoms with van der Waals surface area (Å²) in [6, 6.07) is 20.8. The van der Waals surface area contributed by atoms with Crippen LogP contribution in [-0.4, -0.2) is 54.8 Å². The quantitative estimate of drug-likeness (QED) is 0.558. The molecule has 5 rings (SSSR count). The Morgan fingerprint density at radius 3 is 2.47 bits per heavy atom. The Kier molecular flexibility index (Phi) is 6.33. The van der Waals surface area contributed by atoms with E-state index in [4.69, 9.17) is 4.74 Å². The van der Waals surface area contributed by atoms with E-state index in [-0.39, 0.29) is 5.41 Å². The molecule has 34 heavy (non-hydrogen) atoms. The van der Waals surface area contributed by atoms with Crippen molar-refractivity contribution >= 4 is 5.97 Å². The van der Waals surface area contributed by atoms with Gasteiger partial charge in [0.05, 0.1) is 17.6 Å². The topological polar surface area (TPSA) is 85.6 Å². The Hall–Kier alpha value is -2.88. The van der Waals surface area contributed by atoms with E-state index in [2.05, 4.69) is 46.6 Å². The predicted octanol–water partition coefficient (Wildman–Crippen LogP) is 4.03. The van der Waals surface area contributed by atoms with E-state index >= 15 is 0 Å². The van der Waals surface area contributed by atoms with Gasteiger partial charge in [0.15, 0.2) is 0 Å². The van der Waals surface area contributed by atoms with Gasteiger partial charge in [-0.25, -0.2) is 0 Å². The van der Waals surface area contributed by atoms with Crippen LogP contribution in [0.3, 0.4) is 0 Å². The van der Waals surface area contributed by atoms with Crippen LogP contribution in [0.25, 0.3) is 0 Å². The van der Waals surface area contributed by atoms with Gasteiger partial charge in [-0.2, -0.15) is 5.26 Å². The molecule has 0 bridgehead atoms. The van der Waals surface area contributed by atoms with Crippen LogP contribution in [-0.2, 0) is 4.79 Å². The van der Waals surface area contributed by atoms with Crippen LogP contribution in [0.15, 0.2) is 54.6 Å². The van der Waals surface area contributed by atoms with Gasteiger partial charge in [0.1, 0.15) is 11.8 Å². The standard InChI is InChI=1S/C28H33N3O3/c29-17-22-8-4-5-9-25(22)34-20-27(18-30-24-16-23(24)21-6-2-1-3-7-21)12-14-31(15-13-27)19-28(10-11-28)26(32)33/h1-9,23-24,30H,10-16,18-20H2,(H,32,33)/t23-,24+/m0/s1. The summed E-state index contributed by atoms with van der Waals surface area (Å²) in [6.45, 7) is 3.84. The number of hydrogen-bond acceptors (Lipinski definition) is 5. The third kappa shape index (κ3) is 4.96. The van der Waals surface area contributed by atoms with Gasteiger partial charge in [-0.15, -0.1) is 0 Å². The molecular weight excluding hydrogens is 426 g/mol. The van der Waals surface area contributed by atoms with Gasteiger partial charge >= 0.3 is 5.97 Å². The largest absolute Gasteiger partial charge is 0.492 e. The molecule has 2 atom stereocenters. The van der Waals surface area contributed by atoms with E-state index in [0.29, 0.717) is 36.4 Å². The number of nitriles is 1. The molecule has 1 heterocycles. The molecule has 0 aromatic heterocycles. The Labute approximate surface area is 201 Å². The van der Waals surface area contributed by atoms with Crippen LogP contribution in [0.4, 0.5) is 0 Å². The number of ether oxygens (including phenoxy) is 1. The summed E-state index contributed by atoms with van der Waals surface area (Å²) in [5.74, 6) is 0.565. The zero-order valence-electron chi connectivity index (χ0n) is 19.6. The number of carboxylic acids is 1. The number of carbonyl (C=O) groups is 1. The van der Waals surface area contributed by atoms with Crippen LogP contribution in [0.5, 0.6) is 5.75 Å². The lowest BCUT2D eigenvalue weighted by Crippen LogP contribution is -2.50. The van der Waals surface area contributed by atoms with Crippen molar-refractivity contribution < 1.29 is 14.6 Å². The molecular formula is C28H33N3O3. The maximum absolute atomic E-state index is 11.7. The lowest BCUT2D eigenvalue weighted by Gasteiger charge is -2.42. The maximum Gasteiger partial charge on any atom is 0.310 e. The average molecular weight is 460 g/mol. The zero-order valence-corrected chi connectivity index (χ0v) is 19.6. The normalized spacial score (nSPS) is 24.7. The predicted molar refractivity (Wildman–Crippen MR) is 130 cm³/mol. The van der Waals surface area contributed by atoms with E-state index in [0.717, 1.165) is 51.7 Å². The first-order valence-electron chi connectivity index (χ1n) is 12.4. The Balaban J connectivity index is 1.23. The fraction of sp³-hybridized carbons (Fsp3) is 0.500. The smallest absolute Gasteiger partial charge is 0.310 e. The number of piperidine rings is 1. The highest BCUT2D eigenvalue weighted by Gasteiger charge is 2.52. The maximum atomic E-state index is 11.7. The third-order valence-corrected chi connectivity index (χ3v) is 8.05. The van der Waals surface area contributed by atoms with E-state index in [9.17, 15) is 15.2 Å². The van der Waals surface area contributed by atoms with Crippen LogP contribution >= 0.6 is 0 Å². The van der Waals surface area contributed by atoms with Crippen molar-refractivity contribution in [2.24, 2.45) is 10.8 Å². The highest BCUT2D eigenvalue weighted by Crippen LogP contribution is 2.47. The summed E-state index contributed by atoms with van der Waals surface area (Å²) in [5.41, 5.74) is 1.40. The summed E-state index contributed by atoms with van der Waals surface area (Å²) < 4.78 is 6.25. The molecule has 3 aliphatic rings.